The van der Waals surface area contributed by atoms with Crippen LogP contribution in [0.3, 0.4) is 0 Å². The summed E-state index contributed by atoms with van der Waals surface area (Å²) in [7, 11) is 2.21. The molecule has 19 heavy (non-hydrogen) atoms. The van der Waals surface area contributed by atoms with Gasteiger partial charge in [-0.05, 0) is 58.0 Å². The van der Waals surface area contributed by atoms with Gasteiger partial charge in [-0.1, -0.05) is 18.2 Å². The summed E-state index contributed by atoms with van der Waals surface area (Å²) in [4.78, 5) is 2.42. The van der Waals surface area contributed by atoms with Crippen LogP contribution in [0.2, 0.25) is 0 Å². The van der Waals surface area contributed by atoms with Crippen LogP contribution in [0.4, 0.5) is 0 Å². The minimum absolute atomic E-state index is 0.591. The molecule has 3 nitrogen and oxygen atoms in total. The van der Waals surface area contributed by atoms with Gasteiger partial charge in [-0.15, -0.1) is 0 Å². The molecule has 0 aliphatic carbocycles. The highest BCUT2D eigenvalue weighted by Gasteiger charge is 2.21. The molecule has 0 spiro atoms. The van der Waals surface area contributed by atoms with Crippen LogP contribution < -0.4 is 10.1 Å². The number of hydrogen-bond donors (Lipinski definition) is 1. The van der Waals surface area contributed by atoms with Gasteiger partial charge in [0.2, 0.25) is 0 Å². The Bertz CT molecular complexity index is 347. The maximum absolute atomic E-state index is 5.69. The highest BCUT2D eigenvalue weighted by molar-refractivity contribution is 5.20. The van der Waals surface area contributed by atoms with Crippen LogP contribution >= 0.6 is 0 Å². The first-order valence-electron chi connectivity index (χ1n) is 7.35. The van der Waals surface area contributed by atoms with Gasteiger partial charge in [0, 0.05) is 12.6 Å². The number of para-hydroxylation sites is 1. The summed E-state index contributed by atoms with van der Waals surface area (Å²) < 4.78 is 5.69. The average molecular weight is 262 g/mol. The Balaban J connectivity index is 1.60. The lowest BCUT2D eigenvalue weighted by Gasteiger charge is -2.33. The van der Waals surface area contributed by atoms with E-state index in [-0.39, 0.29) is 0 Å². The van der Waals surface area contributed by atoms with Gasteiger partial charge in [0.05, 0.1) is 0 Å². The lowest BCUT2D eigenvalue weighted by Crippen LogP contribution is -2.41. The Morgan fingerprint density at radius 1 is 1.26 bits per heavy atom. The van der Waals surface area contributed by atoms with Crippen LogP contribution in [-0.4, -0.2) is 44.2 Å². The molecule has 1 aliphatic rings. The summed E-state index contributed by atoms with van der Waals surface area (Å²) in [5, 5.41) is 3.59. The predicted octanol–water partition coefficient (Wildman–Crippen LogP) is 2.39. The van der Waals surface area contributed by atoms with Crippen molar-refractivity contribution in [3.8, 4) is 5.75 Å². The molecule has 0 aromatic heterocycles. The average Bonchev–Trinajstić information content (AvgIpc) is 2.45. The number of likely N-dealkylation sites (tertiary alicyclic amines) is 1. The number of benzene rings is 1. The van der Waals surface area contributed by atoms with Crippen molar-refractivity contribution >= 4 is 0 Å². The zero-order valence-electron chi connectivity index (χ0n) is 12.1. The minimum atomic E-state index is 0.591. The van der Waals surface area contributed by atoms with E-state index in [1.165, 1.54) is 25.9 Å². The van der Waals surface area contributed by atoms with Crippen molar-refractivity contribution in [3.05, 3.63) is 30.3 Å². The summed E-state index contributed by atoms with van der Waals surface area (Å²) in [6.07, 6.45) is 2.62. The number of piperidine rings is 1. The van der Waals surface area contributed by atoms with Gasteiger partial charge in [-0.25, -0.2) is 0 Å². The van der Waals surface area contributed by atoms with Crippen LogP contribution in [0.25, 0.3) is 0 Å². The monoisotopic (exact) mass is 262 g/mol. The molecule has 3 heteroatoms. The van der Waals surface area contributed by atoms with Crippen LogP contribution in [0.1, 0.15) is 19.8 Å². The van der Waals surface area contributed by atoms with Crippen molar-refractivity contribution in [2.45, 2.75) is 25.8 Å². The summed E-state index contributed by atoms with van der Waals surface area (Å²) in [5.74, 6) is 1.77. The Kier molecular flexibility index (Phi) is 5.67. The molecule has 1 fully saturated rings. The molecule has 1 aromatic carbocycles. The van der Waals surface area contributed by atoms with E-state index in [1.54, 1.807) is 0 Å². The van der Waals surface area contributed by atoms with Crippen LogP contribution in [0, 0.1) is 5.92 Å². The fraction of sp³-hybridized carbons (Fsp3) is 0.625. The van der Waals surface area contributed by atoms with Gasteiger partial charge in [-0.2, -0.15) is 0 Å². The zero-order chi connectivity index (χ0) is 13.5. The lowest BCUT2D eigenvalue weighted by atomic mass is 9.90. The van der Waals surface area contributed by atoms with E-state index < -0.39 is 0 Å². The molecule has 1 aliphatic heterocycles. The number of ether oxygens (including phenoxy) is 1. The van der Waals surface area contributed by atoms with Gasteiger partial charge >= 0.3 is 0 Å². The largest absolute Gasteiger partial charge is 0.492 e. The van der Waals surface area contributed by atoms with Crippen molar-refractivity contribution in [3.63, 3.8) is 0 Å². The topological polar surface area (TPSA) is 24.5 Å². The number of nitrogens with one attached hydrogen (secondary N) is 1. The molecular weight excluding hydrogens is 236 g/mol. The third-order valence-electron chi connectivity index (χ3n) is 4.05. The van der Waals surface area contributed by atoms with Gasteiger partial charge in [0.15, 0.2) is 0 Å². The van der Waals surface area contributed by atoms with Crippen LogP contribution in [0.15, 0.2) is 30.3 Å². The van der Waals surface area contributed by atoms with Crippen LogP contribution in [-0.2, 0) is 0 Å². The Morgan fingerprint density at radius 3 is 2.63 bits per heavy atom. The fourth-order valence-electron chi connectivity index (χ4n) is 2.67. The van der Waals surface area contributed by atoms with Crippen molar-refractivity contribution in [1.29, 1.82) is 0 Å². The first-order valence-corrected chi connectivity index (χ1v) is 7.35. The standard InChI is InChI=1S/C16H26N2O/c1-14(15-8-11-18(2)12-9-15)17-10-13-19-16-6-4-3-5-7-16/h3-7,14-15,17H,8-13H2,1-2H3. The molecule has 1 atom stereocenters. The molecule has 0 bridgehead atoms. The predicted molar refractivity (Wildman–Crippen MR) is 79.6 cm³/mol. The molecule has 1 heterocycles. The van der Waals surface area contributed by atoms with E-state index >= 15 is 0 Å². The van der Waals surface area contributed by atoms with Crippen molar-refractivity contribution < 1.29 is 4.74 Å². The molecule has 1 unspecified atom stereocenters. The van der Waals surface area contributed by atoms with Crippen molar-refractivity contribution in [1.82, 2.24) is 10.2 Å². The second kappa shape index (κ2) is 7.51. The van der Waals surface area contributed by atoms with Gasteiger partial charge in [0.1, 0.15) is 12.4 Å². The molecule has 0 amide bonds. The van der Waals surface area contributed by atoms with Gasteiger partial charge in [-0.3, -0.25) is 0 Å². The van der Waals surface area contributed by atoms with E-state index in [9.17, 15) is 0 Å². The first kappa shape index (κ1) is 14.4. The maximum Gasteiger partial charge on any atom is 0.119 e. The lowest BCUT2D eigenvalue weighted by molar-refractivity contribution is 0.186. The Labute approximate surface area is 116 Å². The van der Waals surface area contributed by atoms with Crippen molar-refractivity contribution in [2.24, 2.45) is 5.92 Å². The third kappa shape index (κ3) is 4.84. The van der Waals surface area contributed by atoms with Crippen molar-refractivity contribution in [2.75, 3.05) is 33.3 Å². The summed E-state index contributed by atoms with van der Waals surface area (Å²) in [6, 6.07) is 10.6. The fourth-order valence-corrected chi connectivity index (χ4v) is 2.67. The summed E-state index contributed by atoms with van der Waals surface area (Å²) in [6.45, 7) is 6.43. The molecule has 1 saturated heterocycles. The molecule has 1 N–H and O–H groups in total. The smallest absolute Gasteiger partial charge is 0.119 e. The summed E-state index contributed by atoms with van der Waals surface area (Å²) >= 11 is 0. The molecule has 0 radical (unpaired) electrons. The maximum atomic E-state index is 5.69. The quantitative estimate of drug-likeness (QED) is 0.797. The molecule has 0 saturated carbocycles. The Hall–Kier alpha value is -1.06. The summed E-state index contributed by atoms with van der Waals surface area (Å²) in [5.41, 5.74) is 0. The van der Waals surface area contributed by atoms with Gasteiger partial charge in [0.25, 0.3) is 0 Å². The number of rotatable bonds is 6. The highest BCUT2D eigenvalue weighted by Crippen LogP contribution is 2.19. The number of nitrogens with zero attached hydrogens (tertiary/aromatic N) is 1. The molecule has 1 aromatic rings. The minimum Gasteiger partial charge on any atom is -0.492 e. The zero-order valence-corrected chi connectivity index (χ0v) is 12.1. The normalized spacial score (nSPS) is 19.3. The Morgan fingerprint density at radius 2 is 1.95 bits per heavy atom. The van der Waals surface area contributed by atoms with Crippen LogP contribution in [0.5, 0.6) is 5.75 Å². The van der Waals surface area contributed by atoms with E-state index in [0.717, 1.165) is 24.8 Å². The van der Waals surface area contributed by atoms with Gasteiger partial charge < -0.3 is 15.0 Å². The van der Waals surface area contributed by atoms with E-state index in [1.807, 2.05) is 30.3 Å². The molecule has 106 valence electrons. The van der Waals surface area contributed by atoms with E-state index in [2.05, 4.69) is 24.2 Å². The highest BCUT2D eigenvalue weighted by atomic mass is 16.5. The number of hydrogen-bond acceptors (Lipinski definition) is 3. The third-order valence-corrected chi connectivity index (χ3v) is 4.05. The molecule has 2 rings (SSSR count). The first-order chi connectivity index (χ1) is 9.25. The second-order valence-corrected chi connectivity index (χ2v) is 5.55. The molecular formula is C16H26N2O. The second-order valence-electron chi connectivity index (χ2n) is 5.55. The van der Waals surface area contributed by atoms with E-state index in [0.29, 0.717) is 6.04 Å². The van der Waals surface area contributed by atoms with E-state index in [4.69, 9.17) is 4.74 Å². The SMILES string of the molecule is CC(NCCOc1ccccc1)C1CCN(C)CC1.